The van der Waals surface area contributed by atoms with Gasteiger partial charge in [-0.25, -0.2) is 14.4 Å². The zero-order chi connectivity index (χ0) is 13.2. The molecule has 0 fully saturated rings. The van der Waals surface area contributed by atoms with Gasteiger partial charge in [-0.3, -0.25) is 0 Å². The van der Waals surface area contributed by atoms with Crippen molar-refractivity contribution in [3.63, 3.8) is 0 Å². The van der Waals surface area contributed by atoms with Crippen molar-refractivity contribution in [2.75, 3.05) is 0 Å². The van der Waals surface area contributed by atoms with Gasteiger partial charge in [-0.15, -0.1) is 0 Å². The molecular formula is C10H8O7. The first-order valence-corrected chi connectivity index (χ1v) is 4.36. The van der Waals surface area contributed by atoms with Crippen LogP contribution < -0.4 is 0 Å². The number of benzene rings is 1. The van der Waals surface area contributed by atoms with Crippen LogP contribution in [0.25, 0.3) is 0 Å². The Balaban J connectivity index is 3.63. The molecule has 0 aliphatic rings. The molecule has 0 aliphatic carbocycles. The minimum Gasteiger partial charge on any atom is -0.478 e. The normalized spacial score (nSPS) is 9.94. The molecule has 0 saturated heterocycles. The second-order valence-corrected chi connectivity index (χ2v) is 3.13. The molecule has 17 heavy (non-hydrogen) atoms. The molecule has 1 aromatic carbocycles. The lowest BCUT2D eigenvalue weighted by Crippen LogP contribution is -2.14. The van der Waals surface area contributed by atoms with Gasteiger partial charge in [-0.2, -0.15) is 0 Å². The van der Waals surface area contributed by atoms with Gasteiger partial charge in [0.1, 0.15) is 0 Å². The Morgan fingerprint density at radius 2 is 1.53 bits per heavy atom. The number of rotatable bonds is 4. The van der Waals surface area contributed by atoms with Gasteiger partial charge in [0.2, 0.25) is 0 Å². The van der Waals surface area contributed by atoms with E-state index < -0.39 is 41.2 Å². The van der Waals surface area contributed by atoms with Crippen molar-refractivity contribution >= 4 is 17.9 Å². The molecular weight excluding hydrogens is 232 g/mol. The maximum atomic E-state index is 10.9. The molecule has 0 radical (unpaired) electrons. The van der Waals surface area contributed by atoms with Crippen molar-refractivity contribution in [3.05, 3.63) is 34.4 Å². The molecule has 0 amide bonds. The Morgan fingerprint density at radius 3 is 1.88 bits per heavy atom. The van der Waals surface area contributed by atoms with E-state index in [0.29, 0.717) is 0 Å². The van der Waals surface area contributed by atoms with Gasteiger partial charge < -0.3 is 20.4 Å². The average Bonchev–Trinajstić information content (AvgIpc) is 2.26. The Kier molecular flexibility index (Phi) is 3.44. The number of aliphatic hydroxyl groups excluding tert-OH is 1. The minimum atomic E-state index is -1.57. The lowest BCUT2D eigenvalue weighted by atomic mass is 9.98. The summed E-state index contributed by atoms with van der Waals surface area (Å²) in [5, 5.41) is 35.3. The quantitative estimate of drug-likeness (QED) is 0.593. The Morgan fingerprint density at radius 1 is 0.941 bits per heavy atom. The van der Waals surface area contributed by atoms with Crippen molar-refractivity contribution in [2.45, 2.75) is 6.61 Å². The third-order valence-corrected chi connectivity index (χ3v) is 2.08. The van der Waals surface area contributed by atoms with Crippen LogP contribution >= 0.6 is 0 Å². The molecule has 0 aliphatic heterocycles. The van der Waals surface area contributed by atoms with Gasteiger partial charge in [-0.1, -0.05) is 0 Å². The van der Waals surface area contributed by atoms with Crippen LogP contribution in [-0.4, -0.2) is 38.3 Å². The molecule has 0 aromatic heterocycles. The molecule has 0 spiro atoms. The summed E-state index contributed by atoms with van der Waals surface area (Å²) in [7, 11) is 0. The van der Waals surface area contributed by atoms with Crippen LogP contribution in [0.5, 0.6) is 0 Å². The lowest BCUT2D eigenvalue weighted by Gasteiger charge is -2.08. The van der Waals surface area contributed by atoms with E-state index in [2.05, 4.69) is 0 Å². The highest BCUT2D eigenvalue weighted by Crippen LogP contribution is 2.19. The molecule has 0 unspecified atom stereocenters. The van der Waals surface area contributed by atoms with Crippen molar-refractivity contribution in [2.24, 2.45) is 0 Å². The molecule has 1 aromatic rings. The van der Waals surface area contributed by atoms with Crippen LogP contribution in [0, 0.1) is 0 Å². The number of hydrogen-bond acceptors (Lipinski definition) is 4. The molecule has 7 nitrogen and oxygen atoms in total. The van der Waals surface area contributed by atoms with Crippen LogP contribution in [0.1, 0.15) is 36.6 Å². The molecule has 90 valence electrons. The number of carbonyl (C=O) groups is 3. The van der Waals surface area contributed by atoms with Gasteiger partial charge in [0.05, 0.1) is 23.3 Å². The third kappa shape index (κ3) is 2.40. The van der Waals surface area contributed by atoms with E-state index in [1.54, 1.807) is 0 Å². The second-order valence-electron chi connectivity index (χ2n) is 3.13. The monoisotopic (exact) mass is 240 g/mol. The van der Waals surface area contributed by atoms with Crippen molar-refractivity contribution in [3.8, 4) is 0 Å². The summed E-state index contributed by atoms with van der Waals surface area (Å²) >= 11 is 0. The summed E-state index contributed by atoms with van der Waals surface area (Å²) in [5.74, 6) is -4.51. The largest absolute Gasteiger partial charge is 0.478 e. The Hall–Kier alpha value is -2.41. The zero-order valence-electron chi connectivity index (χ0n) is 8.38. The first-order valence-electron chi connectivity index (χ1n) is 4.36. The first-order chi connectivity index (χ1) is 7.88. The van der Waals surface area contributed by atoms with Gasteiger partial charge in [0.15, 0.2) is 0 Å². The number of carboxylic acid groups (broad SMARTS) is 3. The summed E-state index contributed by atoms with van der Waals surface area (Å²) < 4.78 is 0. The summed E-state index contributed by atoms with van der Waals surface area (Å²) in [5.41, 5.74) is -1.92. The molecule has 0 bridgehead atoms. The van der Waals surface area contributed by atoms with E-state index >= 15 is 0 Å². The summed E-state index contributed by atoms with van der Waals surface area (Å²) in [4.78, 5) is 32.4. The predicted molar refractivity (Wildman–Crippen MR) is 53.2 cm³/mol. The number of aliphatic hydroxyl groups is 1. The fraction of sp³-hybridized carbons (Fsp3) is 0.100. The Bertz CT molecular complexity index is 504. The predicted octanol–water partition coefficient (Wildman–Crippen LogP) is 0.274. The molecule has 7 heteroatoms. The SMILES string of the molecule is O=C(O)c1cc(CO)c(C(=O)O)c(C(=O)O)c1. The standard InChI is InChI=1S/C10H8O7/c11-3-5-1-4(8(12)13)2-6(9(14)15)7(5)10(16)17/h1-2,11H,3H2,(H,12,13)(H,14,15)(H,16,17). The highest BCUT2D eigenvalue weighted by atomic mass is 16.4. The van der Waals surface area contributed by atoms with Crippen molar-refractivity contribution in [1.29, 1.82) is 0 Å². The van der Waals surface area contributed by atoms with Gasteiger partial charge >= 0.3 is 17.9 Å². The third-order valence-electron chi connectivity index (χ3n) is 2.08. The van der Waals surface area contributed by atoms with Crippen LogP contribution in [0.15, 0.2) is 12.1 Å². The van der Waals surface area contributed by atoms with Crippen LogP contribution in [-0.2, 0) is 6.61 Å². The maximum absolute atomic E-state index is 10.9. The topological polar surface area (TPSA) is 132 Å². The van der Waals surface area contributed by atoms with Crippen molar-refractivity contribution in [1.82, 2.24) is 0 Å². The molecule has 0 atom stereocenters. The van der Waals surface area contributed by atoms with E-state index in [4.69, 9.17) is 20.4 Å². The molecule has 0 saturated carbocycles. The van der Waals surface area contributed by atoms with Gasteiger partial charge in [0, 0.05) is 0 Å². The highest BCUT2D eigenvalue weighted by molar-refractivity contribution is 6.04. The summed E-state index contributed by atoms with van der Waals surface area (Å²) in [6.45, 7) is -0.761. The van der Waals surface area contributed by atoms with Crippen molar-refractivity contribution < 1.29 is 34.8 Å². The summed E-state index contributed by atoms with van der Waals surface area (Å²) in [6, 6.07) is 1.67. The fourth-order valence-corrected chi connectivity index (χ4v) is 1.37. The molecule has 4 N–H and O–H groups in total. The van der Waals surface area contributed by atoms with Crippen LogP contribution in [0.3, 0.4) is 0 Å². The average molecular weight is 240 g/mol. The van der Waals surface area contributed by atoms with Crippen LogP contribution in [0.2, 0.25) is 0 Å². The number of hydrogen-bond donors (Lipinski definition) is 4. The smallest absolute Gasteiger partial charge is 0.336 e. The van der Waals surface area contributed by atoms with E-state index in [9.17, 15) is 14.4 Å². The molecule has 1 rings (SSSR count). The van der Waals surface area contributed by atoms with E-state index in [0.717, 1.165) is 12.1 Å². The van der Waals surface area contributed by atoms with Gasteiger partial charge in [0.25, 0.3) is 0 Å². The summed E-state index contributed by atoms with van der Waals surface area (Å²) in [6.07, 6.45) is 0. The maximum Gasteiger partial charge on any atom is 0.336 e. The van der Waals surface area contributed by atoms with E-state index in [-0.39, 0.29) is 5.56 Å². The van der Waals surface area contributed by atoms with E-state index in [1.165, 1.54) is 0 Å². The molecule has 0 heterocycles. The highest BCUT2D eigenvalue weighted by Gasteiger charge is 2.22. The second kappa shape index (κ2) is 4.62. The minimum absolute atomic E-state index is 0.255. The fourth-order valence-electron chi connectivity index (χ4n) is 1.37. The first kappa shape index (κ1) is 12.7. The van der Waals surface area contributed by atoms with Crippen LogP contribution in [0.4, 0.5) is 0 Å². The zero-order valence-corrected chi connectivity index (χ0v) is 8.38. The number of aromatic carboxylic acids is 3. The number of carboxylic acids is 3. The lowest BCUT2D eigenvalue weighted by molar-refractivity contribution is 0.0646. The van der Waals surface area contributed by atoms with E-state index in [1.807, 2.05) is 0 Å². The Labute approximate surface area is 94.6 Å². The van der Waals surface area contributed by atoms with Gasteiger partial charge in [-0.05, 0) is 17.7 Å².